The molecule has 5 nitrogen and oxygen atoms in total. The molecular formula is C26H32N4O. The zero-order valence-corrected chi connectivity index (χ0v) is 19.2. The Bertz CT molecular complexity index is 1040. The maximum atomic E-state index is 12.6. The zero-order chi connectivity index (χ0) is 22.6. The summed E-state index contributed by atoms with van der Waals surface area (Å²) in [7, 11) is 0. The Morgan fingerprint density at radius 1 is 0.742 bits per heavy atom. The number of anilines is 4. The number of hydrogen-bond donors (Lipinski definition) is 3. The van der Waals surface area contributed by atoms with Gasteiger partial charge in [0.2, 0.25) is 0 Å². The second-order valence-corrected chi connectivity index (χ2v) is 9.73. The van der Waals surface area contributed by atoms with E-state index in [4.69, 9.17) is 0 Å². The fraction of sp³-hybridized carbons (Fsp3) is 0.308. The molecule has 1 aromatic heterocycles. The van der Waals surface area contributed by atoms with Crippen LogP contribution in [0.4, 0.5) is 27.7 Å². The number of nitrogens with zero attached hydrogens (tertiary/aromatic N) is 1. The van der Waals surface area contributed by atoms with Crippen LogP contribution in [-0.2, 0) is 10.8 Å². The Morgan fingerprint density at radius 3 is 2.03 bits per heavy atom. The first-order valence-electron chi connectivity index (χ1n) is 10.5. The van der Waals surface area contributed by atoms with E-state index in [-0.39, 0.29) is 16.9 Å². The molecule has 2 amide bonds. The zero-order valence-electron chi connectivity index (χ0n) is 19.2. The number of aromatic nitrogens is 1. The largest absolute Gasteiger partial charge is 0.338 e. The fourth-order valence-electron chi connectivity index (χ4n) is 3.32. The van der Waals surface area contributed by atoms with Gasteiger partial charge in [0.1, 0.15) is 0 Å². The number of pyridine rings is 1. The van der Waals surface area contributed by atoms with Gasteiger partial charge >= 0.3 is 6.03 Å². The highest BCUT2D eigenvalue weighted by atomic mass is 16.2. The molecule has 1 heterocycles. The van der Waals surface area contributed by atoms with Crippen LogP contribution in [0.15, 0.2) is 66.9 Å². The minimum Gasteiger partial charge on any atom is -0.338 e. The molecule has 0 saturated heterocycles. The number of rotatable bonds is 4. The van der Waals surface area contributed by atoms with Gasteiger partial charge in [0.25, 0.3) is 0 Å². The average Bonchev–Trinajstić information content (AvgIpc) is 2.69. The van der Waals surface area contributed by atoms with E-state index in [0.717, 1.165) is 11.4 Å². The molecule has 3 aromatic rings. The highest BCUT2D eigenvalue weighted by Crippen LogP contribution is 2.32. The van der Waals surface area contributed by atoms with Gasteiger partial charge in [-0.1, -0.05) is 71.9 Å². The number of para-hydroxylation sites is 1. The van der Waals surface area contributed by atoms with Crippen LogP contribution in [0.25, 0.3) is 0 Å². The average molecular weight is 417 g/mol. The first kappa shape index (κ1) is 22.3. The van der Waals surface area contributed by atoms with Crippen LogP contribution in [0, 0.1) is 0 Å². The molecule has 3 rings (SSSR count). The van der Waals surface area contributed by atoms with E-state index in [1.165, 1.54) is 11.1 Å². The molecular weight excluding hydrogens is 384 g/mol. The Balaban J connectivity index is 1.75. The number of carbonyl (C=O) groups excluding carboxylic acids is 1. The van der Waals surface area contributed by atoms with Crippen molar-refractivity contribution >= 4 is 28.9 Å². The van der Waals surface area contributed by atoms with E-state index < -0.39 is 0 Å². The van der Waals surface area contributed by atoms with Crippen molar-refractivity contribution in [3.05, 3.63) is 78.0 Å². The quantitative estimate of drug-likeness (QED) is 0.426. The van der Waals surface area contributed by atoms with Crippen LogP contribution in [0.3, 0.4) is 0 Å². The Labute approximate surface area is 185 Å². The molecule has 0 aliphatic carbocycles. The van der Waals surface area contributed by atoms with Gasteiger partial charge in [0.05, 0.1) is 5.69 Å². The molecule has 0 bridgehead atoms. The summed E-state index contributed by atoms with van der Waals surface area (Å²) < 4.78 is 0. The summed E-state index contributed by atoms with van der Waals surface area (Å²) in [6, 6.07) is 19.4. The van der Waals surface area contributed by atoms with Crippen LogP contribution in [0.1, 0.15) is 52.7 Å². The summed E-state index contributed by atoms with van der Waals surface area (Å²) in [4.78, 5) is 17.1. The molecule has 0 saturated carbocycles. The molecule has 5 heteroatoms. The van der Waals surface area contributed by atoms with Gasteiger partial charge in [-0.25, -0.2) is 9.78 Å². The molecule has 0 aliphatic heterocycles. The molecule has 3 N–H and O–H groups in total. The van der Waals surface area contributed by atoms with Crippen molar-refractivity contribution < 1.29 is 4.79 Å². The maximum absolute atomic E-state index is 12.6. The van der Waals surface area contributed by atoms with Crippen LogP contribution in [0.5, 0.6) is 0 Å². The van der Waals surface area contributed by atoms with E-state index in [1.54, 1.807) is 12.3 Å². The van der Waals surface area contributed by atoms with Crippen LogP contribution in [-0.4, -0.2) is 11.0 Å². The SMILES string of the molecule is CC(C)(C)c1ccc(NC(=O)Nc2cccnc2Nc2ccccc2C(C)(C)C)cc1. The van der Waals surface area contributed by atoms with E-state index in [0.29, 0.717) is 11.5 Å². The van der Waals surface area contributed by atoms with Crippen molar-refractivity contribution in [2.45, 2.75) is 52.4 Å². The highest BCUT2D eigenvalue weighted by Gasteiger charge is 2.19. The summed E-state index contributed by atoms with van der Waals surface area (Å²) >= 11 is 0. The summed E-state index contributed by atoms with van der Waals surface area (Å²) in [5.74, 6) is 0.595. The summed E-state index contributed by atoms with van der Waals surface area (Å²) in [5, 5.41) is 9.18. The lowest BCUT2D eigenvalue weighted by atomic mass is 9.86. The molecule has 2 aromatic carbocycles. The molecule has 0 unspecified atom stereocenters. The van der Waals surface area contributed by atoms with Gasteiger partial charge in [0, 0.05) is 17.6 Å². The second kappa shape index (κ2) is 8.80. The van der Waals surface area contributed by atoms with Crippen molar-refractivity contribution in [3.8, 4) is 0 Å². The Morgan fingerprint density at radius 2 is 1.39 bits per heavy atom. The summed E-state index contributed by atoms with van der Waals surface area (Å²) in [6.07, 6.45) is 1.70. The topological polar surface area (TPSA) is 66.0 Å². The normalized spacial score (nSPS) is 11.7. The lowest BCUT2D eigenvalue weighted by Gasteiger charge is -2.23. The van der Waals surface area contributed by atoms with Crippen molar-refractivity contribution in [1.82, 2.24) is 4.98 Å². The number of carbonyl (C=O) groups is 1. The minimum atomic E-state index is -0.316. The predicted molar refractivity (Wildman–Crippen MR) is 130 cm³/mol. The van der Waals surface area contributed by atoms with Crippen molar-refractivity contribution in [2.24, 2.45) is 0 Å². The van der Waals surface area contributed by atoms with Crippen LogP contribution < -0.4 is 16.0 Å². The Hall–Kier alpha value is -3.34. The van der Waals surface area contributed by atoms with Crippen molar-refractivity contribution in [2.75, 3.05) is 16.0 Å². The number of amides is 2. The molecule has 162 valence electrons. The van der Waals surface area contributed by atoms with E-state index in [1.807, 2.05) is 48.5 Å². The minimum absolute atomic E-state index is 0.0252. The summed E-state index contributed by atoms with van der Waals surface area (Å²) in [6.45, 7) is 13.0. The van der Waals surface area contributed by atoms with Gasteiger partial charge in [-0.2, -0.15) is 0 Å². The van der Waals surface area contributed by atoms with Crippen molar-refractivity contribution in [3.63, 3.8) is 0 Å². The standard InChI is InChI=1S/C26H32N4O/c1-25(2,3)18-13-15-19(16-14-18)28-24(31)30-22-12-9-17-27-23(22)29-21-11-8-7-10-20(21)26(4,5)6/h7-17H,1-6H3,(H,27,29)(H2,28,30,31). The number of benzene rings is 2. The van der Waals surface area contributed by atoms with Crippen LogP contribution in [0.2, 0.25) is 0 Å². The Kier molecular flexibility index (Phi) is 6.34. The lowest BCUT2D eigenvalue weighted by molar-refractivity contribution is 0.262. The van der Waals surface area contributed by atoms with E-state index in [9.17, 15) is 4.79 Å². The second-order valence-electron chi connectivity index (χ2n) is 9.73. The van der Waals surface area contributed by atoms with Crippen molar-refractivity contribution in [1.29, 1.82) is 0 Å². The smallest absolute Gasteiger partial charge is 0.323 e. The molecule has 0 spiro atoms. The molecule has 0 atom stereocenters. The number of hydrogen-bond acceptors (Lipinski definition) is 3. The highest BCUT2D eigenvalue weighted by molar-refractivity contribution is 6.01. The monoisotopic (exact) mass is 416 g/mol. The van der Waals surface area contributed by atoms with Gasteiger partial charge in [-0.3, -0.25) is 0 Å². The molecule has 31 heavy (non-hydrogen) atoms. The molecule has 0 fully saturated rings. The van der Waals surface area contributed by atoms with Gasteiger partial charge in [-0.15, -0.1) is 0 Å². The molecule has 0 aliphatic rings. The first-order chi connectivity index (χ1) is 14.5. The van der Waals surface area contributed by atoms with E-state index >= 15 is 0 Å². The number of urea groups is 1. The third-order valence-corrected chi connectivity index (χ3v) is 5.05. The maximum Gasteiger partial charge on any atom is 0.323 e. The number of nitrogens with one attached hydrogen (secondary N) is 3. The lowest BCUT2D eigenvalue weighted by Crippen LogP contribution is -2.21. The van der Waals surface area contributed by atoms with E-state index in [2.05, 4.69) is 68.5 Å². The third kappa shape index (κ3) is 5.85. The first-order valence-corrected chi connectivity index (χ1v) is 10.5. The van der Waals surface area contributed by atoms with Gasteiger partial charge in [0.15, 0.2) is 5.82 Å². The van der Waals surface area contributed by atoms with Crippen LogP contribution >= 0.6 is 0 Å². The summed E-state index contributed by atoms with van der Waals surface area (Å²) in [5.41, 5.74) is 4.75. The van der Waals surface area contributed by atoms with Gasteiger partial charge in [-0.05, 0) is 52.3 Å². The van der Waals surface area contributed by atoms with Gasteiger partial charge < -0.3 is 16.0 Å². The predicted octanol–water partition coefficient (Wildman–Crippen LogP) is 7.06. The third-order valence-electron chi connectivity index (χ3n) is 5.05. The molecule has 0 radical (unpaired) electrons. The fourth-order valence-corrected chi connectivity index (χ4v) is 3.32.